The van der Waals surface area contributed by atoms with Crippen LogP contribution in [0.1, 0.15) is 24.2 Å². The Kier molecular flexibility index (Phi) is 3.60. The lowest BCUT2D eigenvalue weighted by Crippen LogP contribution is -2.39. The zero-order chi connectivity index (χ0) is 14.9. The van der Waals surface area contributed by atoms with Crippen molar-refractivity contribution in [3.05, 3.63) is 23.8 Å². The predicted molar refractivity (Wildman–Crippen MR) is 72.4 cm³/mol. The van der Waals surface area contributed by atoms with E-state index in [4.69, 9.17) is 15.3 Å². The monoisotopic (exact) mass is 277 g/mol. The number of carboxylic acids is 1. The SMILES string of the molecule is CC(C)C(Nc1nc2ccc(C(=O)O)cc2o1)C(N)=O. The van der Waals surface area contributed by atoms with Crippen LogP contribution in [0.5, 0.6) is 0 Å². The van der Waals surface area contributed by atoms with Crippen molar-refractivity contribution < 1.29 is 19.1 Å². The number of carbonyl (C=O) groups excluding carboxylic acids is 1. The molecule has 1 unspecified atom stereocenters. The molecule has 0 saturated heterocycles. The first-order valence-corrected chi connectivity index (χ1v) is 6.08. The second-order valence-electron chi connectivity index (χ2n) is 4.78. The van der Waals surface area contributed by atoms with Crippen molar-refractivity contribution in [2.45, 2.75) is 19.9 Å². The molecule has 1 aromatic heterocycles. The Balaban J connectivity index is 2.32. The molecular weight excluding hydrogens is 262 g/mol. The standard InChI is InChI=1S/C13H15N3O4/c1-6(2)10(11(14)17)16-13-15-8-4-3-7(12(18)19)5-9(8)20-13/h3-6,10H,1-2H3,(H2,14,17)(H,15,16)(H,18,19). The molecule has 20 heavy (non-hydrogen) atoms. The Hall–Kier alpha value is -2.57. The van der Waals surface area contributed by atoms with E-state index in [2.05, 4.69) is 10.3 Å². The predicted octanol–water partition coefficient (Wildman–Crippen LogP) is 1.45. The minimum atomic E-state index is -1.05. The van der Waals surface area contributed by atoms with Gasteiger partial charge in [-0.3, -0.25) is 4.79 Å². The lowest BCUT2D eigenvalue weighted by atomic mass is 10.0. The van der Waals surface area contributed by atoms with Gasteiger partial charge in [0.1, 0.15) is 11.6 Å². The molecule has 4 N–H and O–H groups in total. The second-order valence-corrected chi connectivity index (χ2v) is 4.78. The highest BCUT2D eigenvalue weighted by molar-refractivity contribution is 5.92. The minimum absolute atomic E-state index is 0.0305. The van der Waals surface area contributed by atoms with Crippen LogP contribution in [-0.4, -0.2) is 28.0 Å². The number of amides is 1. The molecule has 1 heterocycles. The third-order valence-electron chi connectivity index (χ3n) is 2.89. The summed E-state index contributed by atoms with van der Waals surface area (Å²) in [5, 5.41) is 11.7. The number of primary amides is 1. The van der Waals surface area contributed by atoms with Crippen LogP contribution in [0, 0.1) is 5.92 Å². The van der Waals surface area contributed by atoms with E-state index in [9.17, 15) is 9.59 Å². The number of nitrogens with one attached hydrogen (secondary N) is 1. The lowest BCUT2D eigenvalue weighted by molar-refractivity contribution is -0.119. The normalized spacial score (nSPS) is 12.6. The summed E-state index contributed by atoms with van der Waals surface area (Å²) in [6.07, 6.45) is 0. The largest absolute Gasteiger partial charge is 0.478 e. The second kappa shape index (κ2) is 5.20. The van der Waals surface area contributed by atoms with Crippen molar-refractivity contribution in [2.24, 2.45) is 11.7 Å². The molecule has 0 aliphatic rings. The molecule has 0 saturated carbocycles. The molecule has 7 nitrogen and oxygen atoms in total. The van der Waals surface area contributed by atoms with Crippen molar-refractivity contribution in [3.63, 3.8) is 0 Å². The number of nitrogens with zero attached hydrogens (tertiary/aromatic N) is 1. The molecule has 0 aliphatic heterocycles. The Labute approximate surface area is 114 Å². The number of nitrogens with two attached hydrogens (primary N) is 1. The zero-order valence-electron chi connectivity index (χ0n) is 11.1. The molecule has 2 rings (SSSR count). The number of carbonyl (C=O) groups is 2. The number of oxazole rings is 1. The maximum absolute atomic E-state index is 11.3. The first kappa shape index (κ1) is 13.9. The number of hydrogen-bond acceptors (Lipinski definition) is 5. The summed E-state index contributed by atoms with van der Waals surface area (Å²) in [4.78, 5) is 26.3. The van der Waals surface area contributed by atoms with Crippen molar-refractivity contribution in [1.29, 1.82) is 0 Å². The van der Waals surface area contributed by atoms with Gasteiger partial charge in [0, 0.05) is 0 Å². The first-order valence-electron chi connectivity index (χ1n) is 6.08. The summed E-state index contributed by atoms with van der Waals surface area (Å²) in [5.41, 5.74) is 6.24. The van der Waals surface area contributed by atoms with Crippen molar-refractivity contribution in [1.82, 2.24) is 4.98 Å². The van der Waals surface area contributed by atoms with Gasteiger partial charge in [-0.15, -0.1) is 0 Å². The average Bonchev–Trinajstić information content (AvgIpc) is 2.76. The lowest BCUT2D eigenvalue weighted by Gasteiger charge is -2.17. The number of aromatic carboxylic acids is 1. The topological polar surface area (TPSA) is 118 Å². The Morgan fingerprint density at radius 1 is 1.40 bits per heavy atom. The quantitative estimate of drug-likeness (QED) is 0.761. The highest BCUT2D eigenvalue weighted by Crippen LogP contribution is 2.21. The Morgan fingerprint density at radius 3 is 2.65 bits per heavy atom. The first-order chi connectivity index (χ1) is 9.38. The van der Waals surface area contributed by atoms with Crippen molar-refractivity contribution in [2.75, 3.05) is 5.32 Å². The maximum atomic E-state index is 11.3. The summed E-state index contributed by atoms with van der Waals surface area (Å²) in [7, 11) is 0. The van der Waals surface area contributed by atoms with E-state index in [1.54, 1.807) is 6.07 Å². The van der Waals surface area contributed by atoms with Crippen LogP contribution in [0.2, 0.25) is 0 Å². The highest BCUT2D eigenvalue weighted by Gasteiger charge is 2.21. The van der Waals surface area contributed by atoms with Gasteiger partial charge in [0.25, 0.3) is 6.01 Å². The van der Waals surface area contributed by atoms with E-state index in [0.717, 1.165) is 0 Å². The van der Waals surface area contributed by atoms with Gasteiger partial charge in [-0.1, -0.05) is 13.8 Å². The summed E-state index contributed by atoms with van der Waals surface area (Å²) in [6.45, 7) is 3.68. The number of aromatic nitrogens is 1. The third kappa shape index (κ3) is 2.71. The molecule has 0 fully saturated rings. The molecule has 1 aromatic carbocycles. The number of anilines is 1. The van der Waals surface area contributed by atoms with Crippen molar-refractivity contribution in [3.8, 4) is 0 Å². The van der Waals surface area contributed by atoms with Crippen LogP contribution in [0.4, 0.5) is 6.01 Å². The minimum Gasteiger partial charge on any atom is -0.478 e. The van der Waals surface area contributed by atoms with Gasteiger partial charge in [-0.2, -0.15) is 4.98 Å². The van der Waals surface area contributed by atoms with Gasteiger partial charge >= 0.3 is 5.97 Å². The molecular formula is C13H15N3O4. The molecule has 0 aliphatic carbocycles. The molecule has 7 heteroatoms. The van der Waals surface area contributed by atoms with Gasteiger partial charge in [-0.05, 0) is 24.1 Å². The van der Waals surface area contributed by atoms with E-state index in [-0.39, 0.29) is 17.5 Å². The van der Waals surface area contributed by atoms with E-state index in [1.807, 2.05) is 13.8 Å². The maximum Gasteiger partial charge on any atom is 0.335 e. The van der Waals surface area contributed by atoms with Gasteiger partial charge < -0.3 is 20.6 Å². The van der Waals surface area contributed by atoms with Crippen LogP contribution < -0.4 is 11.1 Å². The van der Waals surface area contributed by atoms with E-state index in [0.29, 0.717) is 11.1 Å². The van der Waals surface area contributed by atoms with Crippen LogP contribution in [0.15, 0.2) is 22.6 Å². The summed E-state index contributed by atoms with van der Waals surface area (Å²) in [5.74, 6) is -1.58. The van der Waals surface area contributed by atoms with E-state index >= 15 is 0 Å². The fourth-order valence-electron chi connectivity index (χ4n) is 1.82. The molecule has 106 valence electrons. The Bertz CT molecular complexity index is 663. The van der Waals surface area contributed by atoms with Gasteiger partial charge in [0.15, 0.2) is 5.58 Å². The van der Waals surface area contributed by atoms with Crippen LogP contribution in [-0.2, 0) is 4.79 Å². The zero-order valence-corrected chi connectivity index (χ0v) is 11.1. The van der Waals surface area contributed by atoms with Crippen LogP contribution in [0.25, 0.3) is 11.1 Å². The smallest absolute Gasteiger partial charge is 0.335 e. The molecule has 0 spiro atoms. The fourth-order valence-corrected chi connectivity index (χ4v) is 1.82. The number of hydrogen-bond donors (Lipinski definition) is 3. The summed E-state index contributed by atoms with van der Waals surface area (Å²) >= 11 is 0. The van der Waals surface area contributed by atoms with Crippen LogP contribution >= 0.6 is 0 Å². The van der Waals surface area contributed by atoms with Gasteiger partial charge in [-0.25, -0.2) is 4.79 Å². The van der Waals surface area contributed by atoms with Gasteiger partial charge in [0.2, 0.25) is 5.91 Å². The summed E-state index contributed by atoms with van der Waals surface area (Å²) in [6, 6.07) is 3.89. The molecule has 1 amide bonds. The molecule has 2 aromatic rings. The van der Waals surface area contributed by atoms with E-state index < -0.39 is 17.9 Å². The molecule has 0 bridgehead atoms. The number of benzene rings is 1. The fraction of sp³-hybridized carbons (Fsp3) is 0.308. The number of fused-ring (bicyclic) bond motifs is 1. The highest BCUT2D eigenvalue weighted by atomic mass is 16.4. The number of rotatable bonds is 5. The van der Waals surface area contributed by atoms with Gasteiger partial charge in [0.05, 0.1) is 5.56 Å². The summed E-state index contributed by atoms with van der Waals surface area (Å²) < 4.78 is 5.40. The number of carboxylic acid groups (broad SMARTS) is 1. The Morgan fingerprint density at radius 2 is 2.10 bits per heavy atom. The van der Waals surface area contributed by atoms with E-state index in [1.165, 1.54) is 12.1 Å². The third-order valence-corrected chi connectivity index (χ3v) is 2.89. The molecule has 1 atom stereocenters. The van der Waals surface area contributed by atoms with Crippen LogP contribution in [0.3, 0.4) is 0 Å². The van der Waals surface area contributed by atoms with Crippen molar-refractivity contribution >= 4 is 29.0 Å². The average molecular weight is 277 g/mol. The molecule has 0 radical (unpaired) electrons.